The summed E-state index contributed by atoms with van der Waals surface area (Å²) in [6, 6.07) is 15.1. The third-order valence-corrected chi connectivity index (χ3v) is 4.11. The molecule has 2 rings (SSSR count). The molecule has 0 aliphatic carbocycles. The van der Waals surface area contributed by atoms with Gasteiger partial charge in [-0.3, -0.25) is 0 Å². The third-order valence-electron chi connectivity index (χ3n) is 4.11. The smallest absolute Gasteiger partial charge is 0.197 e. The molecule has 0 aromatic heterocycles. The molecule has 3 nitrogen and oxygen atoms in total. The quantitative estimate of drug-likeness (QED) is 0.774. The van der Waals surface area contributed by atoms with Crippen molar-refractivity contribution in [3.05, 3.63) is 59.7 Å². The molecule has 124 valence electrons. The molecular weight excluding hydrogens is 288 g/mol. The number of rotatable bonds is 6. The molecule has 0 fully saturated rings. The molecule has 0 spiro atoms. The second kappa shape index (κ2) is 7.05. The van der Waals surface area contributed by atoms with Crippen molar-refractivity contribution in [2.45, 2.75) is 45.8 Å². The van der Waals surface area contributed by atoms with Gasteiger partial charge in [-0.1, -0.05) is 52.0 Å². The van der Waals surface area contributed by atoms with E-state index in [9.17, 15) is 10.2 Å². The molecule has 0 amide bonds. The molecule has 0 heterocycles. The van der Waals surface area contributed by atoms with Crippen LogP contribution in [-0.2, 0) is 5.41 Å². The van der Waals surface area contributed by atoms with Crippen LogP contribution in [0.5, 0.6) is 11.5 Å². The van der Waals surface area contributed by atoms with E-state index >= 15 is 0 Å². The van der Waals surface area contributed by atoms with E-state index in [-0.39, 0.29) is 11.2 Å². The Morgan fingerprint density at radius 2 is 1.39 bits per heavy atom. The van der Waals surface area contributed by atoms with E-state index in [4.69, 9.17) is 4.74 Å². The van der Waals surface area contributed by atoms with E-state index in [0.29, 0.717) is 18.1 Å². The largest absolute Gasteiger partial charge is 0.508 e. The predicted molar refractivity (Wildman–Crippen MR) is 92.8 cm³/mol. The van der Waals surface area contributed by atoms with Gasteiger partial charge in [0, 0.05) is 11.8 Å². The number of aromatic hydroxyl groups is 1. The van der Waals surface area contributed by atoms with E-state index in [1.54, 1.807) is 12.1 Å². The van der Waals surface area contributed by atoms with Crippen LogP contribution in [0.25, 0.3) is 0 Å². The Bertz CT molecular complexity index is 612. The molecule has 0 aliphatic heterocycles. The maximum atomic E-state index is 9.86. The van der Waals surface area contributed by atoms with E-state index in [1.807, 2.05) is 36.4 Å². The maximum absolute atomic E-state index is 9.86. The van der Waals surface area contributed by atoms with Gasteiger partial charge in [-0.05, 0) is 41.3 Å². The van der Waals surface area contributed by atoms with Gasteiger partial charge in [0.25, 0.3) is 0 Å². The molecule has 2 aromatic carbocycles. The highest BCUT2D eigenvalue weighted by atomic mass is 16.6. The Hall–Kier alpha value is -2.00. The SMILES string of the molecule is CC(C)CC(O)Oc1ccc(C(C)(C)c2ccc(O)cc2)cc1. The number of aliphatic hydroxyl groups excluding tert-OH is 1. The van der Waals surface area contributed by atoms with Gasteiger partial charge in [0.05, 0.1) is 0 Å². The summed E-state index contributed by atoms with van der Waals surface area (Å²) in [6.07, 6.45) is -0.160. The molecule has 0 saturated heterocycles. The summed E-state index contributed by atoms with van der Waals surface area (Å²) in [4.78, 5) is 0. The molecular formula is C20H26O3. The molecule has 3 heteroatoms. The van der Waals surface area contributed by atoms with Crippen LogP contribution in [0.2, 0.25) is 0 Å². The lowest BCUT2D eigenvalue weighted by atomic mass is 9.78. The molecule has 0 saturated carbocycles. The van der Waals surface area contributed by atoms with Gasteiger partial charge >= 0.3 is 0 Å². The number of benzene rings is 2. The standard InChI is InChI=1S/C20H26O3/c1-14(2)13-19(22)23-18-11-7-16(8-12-18)20(3,4)15-5-9-17(21)10-6-15/h5-12,14,19,21-22H,13H2,1-4H3. The summed E-state index contributed by atoms with van der Waals surface area (Å²) in [6.45, 7) is 8.39. The number of aliphatic hydroxyl groups is 1. The molecule has 0 aliphatic rings. The van der Waals surface area contributed by atoms with Crippen LogP contribution in [-0.4, -0.2) is 16.5 Å². The highest BCUT2D eigenvalue weighted by Gasteiger charge is 2.23. The van der Waals surface area contributed by atoms with Gasteiger partial charge < -0.3 is 14.9 Å². The normalized spacial score (nSPS) is 13.1. The number of hydrogen-bond donors (Lipinski definition) is 2. The van der Waals surface area contributed by atoms with Crippen molar-refractivity contribution in [3.63, 3.8) is 0 Å². The first-order valence-electron chi connectivity index (χ1n) is 8.04. The van der Waals surface area contributed by atoms with Gasteiger partial charge in [-0.25, -0.2) is 0 Å². The van der Waals surface area contributed by atoms with Gasteiger partial charge in [-0.2, -0.15) is 0 Å². The summed E-state index contributed by atoms with van der Waals surface area (Å²) < 4.78 is 5.54. The van der Waals surface area contributed by atoms with Gasteiger partial charge in [0.2, 0.25) is 0 Å². The number of phenols is 1. The van der Waals surface area contributed by atoms with Crippen LogP contribution in [0.1, 0.15) is 45.2 Å². The van der Waals surface area contributed by atoms with Crippen LogP contribution < -0.4 is 4.74 Å². The maximum Gasteiger partial charge on any atom is 0.197 e. The zero-order valence-electron chi connectivity index (χ0n) is 14.3. The average molecular weight is 314 g/mol. The van der Waals surface area contributed by atoms with E-state index in [1.165, 1.54) is 0 Å². The molecule has 2 aromatic rings. The number of ether oxygens (including phenoxy) is 1. The Morgan fingerprint density at radius 1 is 0.913 bits per heavy atom. The predicted octanol–water partition coefficient (Wildman–Crippen LogP) is 4.46. The topological polar surface area (TPSA) is 49.7 Å². The number of hydrogen-bond acceptors (Lipinski definition) is 3. The van der Waals surface area contributed by atoms with Crippen molar-refractivity contribution in [2.24, 2.45) is 5.92 Å². The van der Waals surface area contributed by atoms with Gasteiger partial charge in [-0.15, -0.1) is 0 Å². The molecule has 0 radical (unpaired) electrons. The van der Waals surface area contributed by atoms with Crippen molar-refractivity contribution in [1.82, 2.24) is 0 Å². The first-order valence-corrected chi connectivity index (χ1v) is 8.04. The van der Waals surface area contributed by atoms with E-state index < -0.39 is 6.29 Å². The molecule has 0 bridgehead atoms. The summed E-state index contributed by atoms with van der Waals surface area (Å²) in [7, 11) is 0. The van der Waals surface area contributed by atoms with Crippen LogP contribution in [0.15, 0.2) is 48.5 Å². The van der Waals surface area contributed by atoms with E-state index in [2.05, 4.69) is 27.7 Å². The minimum Gasteiger partial charge on any atom is -0.508 e. The average Bonchev–Trinajstić information content (AvgIpc) is 2.47. The fourth-order valence-electron chi connectivity index (χ4n) is 2.60. The minimum atomic E-state index is -0.772. The first-order chi connectivity index (χ1) is 10.8. The van der Waals surface area contributed by atoms with Crippen molar-refractivity contribution >= 4 is 0 Å². The van der Waals surface area contributed by atoms with Gasteiger partial charge in [0.15, 0.2) is 6.29 Å². The van der Waals surface area contributed by atoms with Crippen molar-refractivity contribution in [3.8, 4) is 11.5 Å². The Morgan fingerprint density at radius 3 is 1.87 bits per heavy atom. The van der Waals surface area contributed by atoms with Crippen LogP contribution >= 0.6 is 0 Å². The highest BCUT2D eigenvalue weighted by molar-refractivity contribution is 5.41. The highest BCUT2D eigenvalue weighted by Crippen LogP contribution is 2.33. The minimum absolute atomic E-state index is 0.178. The lowest BCUT2D eigenvalue weighted by Gasteiger charge is -2.26. The Balaban J connectivity index is 2.13. The lowest BCUT2D eigenvalue weighted by Crippen LogP contribution is -2.19. The van der Waals surface area contributed by atoms with Crippen molar-refractivity contribution < 1.29 is 14.9 Å². The first kappa shape index (κ1) is 17.4. The fourth-order valence-corrected chi connectivity index (χ4v) is 2.60. The molecule has 1 unspecified atom stereocenters. The third kappa shape index (κ3) is 4.49. The second-order valence-electron chi connectivity index (χ2n) is 6.90. The monoisotopic (exact) mass is 314 g/mol. The number of phenolic OH excluding ortho intramolecular Hbond substituents is 1. The van der Waals surface area contributed by atoms with Crippen molar-refractivity contribution in [2.75, 3.05) is 0 Å². The Kier molecular flexibility index (Phi) is 5.32. The zero-order chi connectivity index (χ0) is 17.0. The van der Waals surface area contributed by atoms with Gasteiger partial charge in [0.1, 0.15) is 11.5 Å². The van der Waals surface area contributed by atoms with Crippen molar-refractivity contribution in [1.29, 1.82) is 0 Å². The summed E-state index contributed by atoms with van der Waals surface area (Å²) in [5, 5.41) is 19.3. The van der Waals surface area contributed by atoms with Crippen LogP contribution in [0, 0.1) is 5.92 Å². The summed E-state index contributed by atoms with van der Waals surface area (Å²) in [5.41, 5.74) is 2.10. The summed E-state index contributed by atoms with van der Waals surface area (Å²) in [5.74, 6) is 1.33. The molecule has 23 heavy (non-hydrogen) atoms. The van der Waals surface area contributed by atoms with Crippen LogP contribution in [0.4, 0.5) is 0 Å². The molecule has 2 N–H and O–H groups in total. The van der Waals surface area contributed by atoms with E-state index in [0.717, 1.165) is 11.1 Å². The second-order valence-corrected chi connectivity index (χ2v) is 6.90. The van der Waals surface area contributed by atoms with Crippen LogP contribution in [0.3, 0.4) is 0 Å². The molecule has 1 atom stereocenters. The summed E-state index contributed by atoms with van der Waals surface area (Å²) >= 11 is 0. The lowest BCUT2D eigenvalue weighted by molar-refractivity contribution is -0.0313. The zero-order valence-corrected chi connectivity index (χ0v) is 14.3. The Labute approximate surface area is 138 Å². The fraction of sp³-hybridized carbons (Fsp3) is 0.400.